The summed E-state index contributed by atoms with van der Waals surface area (Å²) in [5, 5.41) is 12.9. The van der Waals surface area contributed by atoms with Crippen molar-refractivity contribution in [3.05, 3.63) is 11.6 Å². The molecule has 2 fully saturated rings. The number of thiazole rings is 1. The number of nitrogens with two attached hydrogens (primary N) is 1. The van der Waals surface area contributed by atoms with Crippen molar-refractivity contribution in [1.82, 2.24) is 9.88 Å². The van der Waals surface area contributed by atoms with Gasteiger partial charge in [0.1, 0.15) is 0 Å². The van der Waals surface area contributed by atoms with E-state index in [0.717, 1.165) is 50.6 Å². The van der Waals surface area contributed by atoms with E-state index in [1.165, 1.54) is 0 Å². The van der Waals surface area contributed by atoms with Gasteiger partial charge in [0.05, 0.1) is 6.10 Å². The van der Waals surface area contributed by atoms with Gasteiger partial charge < -0.3 is 20.6 Å². The van der Waals surface area contributed by atoms with Crippen LogP contribution in [0.15, 0.2) is 16.6 Å². The van der Waals surface area contributed by atoms with Crippen LogP contribution in [0.1, 0.15) is 19.3 Å². The van der Waals surface area contributed by atoms with Gasteiger partial charge in [0.25, 0.3) is 0 Å². The summed E-state index contributed by atoms with van der Waals surface area (Å²) in [5.74, 6) is 0.910. The molecule has 0 spiro atoms. The van der Waals surface area contributed by atoms with Crippen LogP contribution in [0.5, 0.6) is 0 Å². The number of aliphatic hydroxyl groups is 1. The van der Waals surface area contributed by atoms with E-state index < -0.39 is 0 Å². The van der Waals surface area contributed by atoms with Gasteiger partial charge in [0.2, 0.25) is 0 Å². The minimum atomic E-state index is -0.191. The summed E-state index contributed by atoms with van der Waals surface area (Å²) in [6.07, 6.45) is 4.73. The Morgan fingerprint density at radius 2 is 2.14 bits per heavy atom. The molecule has 6 nitrogen and oxygen atoms in total. The van der Waals surface area contributed by atoms with Crippen molar-refractivity contribution in [3.8, 4) is 0 Å². The predicted molar refractivity (Wildman–Crippen MR) is 101 cm³/mol. The zero-order valence-electron chi connectivity index (χ0n) is 12.6. The highest BCUT2D eigenvalue weighted by molar-refractivity contribution is 14.0. The first kappa shape index (κ1) is 17.7. The van der Waals surface area contributed by atoms with Crippen LogP contribution >= 0.6 is 35.3 Å². The van der Waals surface area contributed by atoms with Crippen molar-refractivity contribution in [2.45, 2.75) is 25.4 Å². The van der Waals surface area contributed by atoms with Crippen molar-refractivity contribution in [1.29, 1.82) is 0 Å². The van der Waals surface area contributed by atoms with Crippen molar-refractivity contribution in [2.75, 3.05) is 37.6 Å². The van der Waals surface area contributed by atoms with Crippen molar-refractivity contribution in [2.24, 2.45) is 16.6 Å². The third kappa shape index (κ3) is 4.23. The fraction of sp³-hybridized carbons (Fsp3) is 0.714. The van der Waals surface area contributed by atoms with Crippen molar-refractivity contribution >= 4 is 46.4 Å². The van der Waals surface area contributed by atoms with Crippen LogP contribution in [0.2, 0.25) is 0 Å². The van der Waals surface area contributed by atoms with E-state index in [4.69, 9.17) is 5.73 Å². The van der Waals surface area contributed by atoms with Gasteiger partial charge in [0.15, 0.2) is 11.1 Å². The lowest BCUT2D eigenvalue weighted by Crippen LogP contribution is -2.51. The Morgan fingerprint density at radius 1 is 1.36 bits per heavy atom. The average Bonchev–Trinajstić information content (AvgIpc) is 3.17. The maximum atomic E-state index is 9.82. The molecule has 0 radical (unpaired) electrons. The molecule has 1 aliphatic carbocycles. The van der Waals surface area contributed by atoms with Gasteiger partial charge in [-0.25, -0.2) is 4.98 Å². The van der Waals surface area contributed by atoms with Gasteiger partial charge in [-0.05, 0) is 12.8 Å². The van der Waals surface area contributed by atoms with E-state index in [2.05, 4.69) is 19.8 Å². The maximum absolute atomic E-state index is 9.82. The summed E-state index contributed by atoms with van der Waals surface area (Å²) in [6, 6.07) is 0. The van der Waals surface area contributed by atoms with Gasteiger partial charge in [-0.2, -0.15) is 0 Å². The van der Waals surface area contributed by atoms with Crippen LogP contribution in [0.25, 0.3) is 0 Å². The molecule has 2 atom stereocenters. The second-order valence-corrected chi connectivity index (χ2v) is 6.62. The van der Waals surface area contributed by atoms with Gasteiger partial charge >= 0.3 is 0 Å². The van der Waals surface area contributed by atoms with Crippen LogP contribution in [0.3, 0.4) is 0 Å². The number of aromatic nitrogens is 1. The second kappa shape index (κ2) is 8.30. The first-order valence-corrected chi connectivity index (χ1v) is 8.49. The summed E-state index contributed by atoms with van der Waals surface area (Å²) in [6.45, 7) is 4.26. The molecule has 22 heavy (non-hydrogen) atoms. The lowest BCUT2D eigenvalue weighted by Gasteiger charge is -2.35. The highest BCUT2D eigenvalue weighted by Crippen LogP contribution is 2.25. The fourth-order valence-corrected chi connectivity index (χ4v) is 3.74. The van der Waals surface area contributed by atoms with E-state index in [-0.39, 0.29) is 30.1 Å². The SMILES string of the molecule is I.NC(=NCC1CCCC1O)N1CCN(c2nccs2)CC1. The maximum Gasteiger partial charge on any atom is 0.191 e. The first-order chi connectivity index (χ1) is 10.2. The molecule has 0 aromatic carbocycles. The molecular weight excluding hydrogens is 413 g/mol. The fourth-order valence-electron chi connectivity index (χ4n) is 3.04. The topological polar surface area (TPSA) is 78.0 Å². The summed E-state index contributed by atoms with van der Waals surface area (Å²) >= 11 is 1.67. The summed E-state index contributed by atoms with van der Waals surface area (Å²) < 4.78 is 0. The number of halogens is 1. The number of guanidine groups is 1. The van der Waals surface area contributed by atoms with Crippen LogP contribution in [0.4, 0.5) is 5.13 Å². The summed E-state index contributed by atoms with van der Waals surface area (Å²) in [7, 11) is 0. The Morgan fingerprint density at radius 3 is 2.73 bits per heavy atom. The van der Waals surface area contributed by atoms with Gasteiger partial charge in [-0.1, -0.05) is 6.42 Å². The molecular formula is C14H24IN5OS. The van der Waals surface area contributed by atoms with Gasteiger partial charge in [0, 0.05) is 50.2 Å². The lowest BCUT2D eigenvalue weighted by molar-refractivity contribution is 0.136. The van der Waals surface area contributed by atoms with E-state index in [1.807, 2.05) is 11.6 Å². The van der Waals surface area contributed by atoms with E-state index >= 15 is 0 Å². The monoisotopic (exact) mass is 437 g/mol. The molecule has 8 heteroatoms. The van der Waals surface area contributed by atoms with Crippen LogP contribution in [-0.4, -0.2) is 59.8 Å². The Bertz CT molecular complexity index is 476. The minimum absolute atomic E-state index is 0. The third-order valence-electron chi connectivity index (χ3n) is 4.40. The Hall–Kier alpha value is -0.610. The first-order valence-electron chi connectivity index (χ1n) is 7.61. The minimum Gasteiger partial charge on any atom is -0.393 e. The van der Waals surface area contributed by atoms with Crippen LogP contribution in [-0.2, 0) is 0 Å². The number of aliphatic hydroxyl groups excluding tert-OH is 1. The average molecular weight is 437 g/mol. The smallest absolute Gasteiger partial charge is 0.191 e. The lowest BCUT2D eigenvalue weighted by atomic mass is 10.1. The zero-order chi connectivity index (χ0) is 14.7. The highest BCUT2D eigenvalue weighted by Gasteiger charge is 2.25. The number of nitrogens with zero attached hydrogens (tertiary/aromatic N) is 4. The normalized spacial score (nSPS) is 26.1. The third-order valence-corrected chi connectivity index (χ3v) is 5.23. The second-order valence-electron chi connectivity index (χ2n) is 5.75. The van der Waals surface area contributed by atoms with Gasteiger partial charge in [-0.15, -0.1) is 35.3 Å². The molecule has 1 aliphatic heterocycles. The number of anilines is 1. The summed E-state index contributed by atoms with van der Waals surface area (Å²) in [4.78, 5) is 13.3. The van der Waals surface area contributed by atoms with Crippen molar-refractivity contribution < 1.29 is 5.11 Å². The quantitative estimate of drug-likeness (QED) is 0.424. The molecule has 1 saturated carbocycles. The predicted octanol–water partition coefficient (Wildman–Crippen LogP) is 1.36. The molecule has 124 valence electrons. The molecule has 0 amide bonds. The molecule has 2 aliphatic rings. The molecule has 3 N–H and O–H groups in total. The molecule has 1 aromatic heterocycles. The molecule has 2 heterocycles. The van der Waals surface area contributed by atoms with E-state index in [0.29, 0.717) is 18.4 Å². The molecule has 0 bridgehead atoms. The Labute approximate surface area is 152 Å². The van der Waals surface area contributed by atoms with Crippen LogP contribution in [0, 0.1) is 5.92 Å². The number of aliphatic imine (C=N–C) groups is 1. The number of hydrogen-bond acceptors (Lipinski definition) is 5. The van der Waals surface area contributed by atoms with Crippen LogP contribution < -0.4 is 10.6 Å². The zero-order valence-corrected chi connectivity index (χ0v) is 15.7. The largest absolute Gasteiger partial charge is 0.393 e. The van der Waals surface area contributed by atoms with Crippen molar-refractivity contribution in [3.63, 3.8) is 0 Å². The van der Waals surface area contributed by atoms with Gasteiger partial charge in [-0.3, -0.25) is 4.99 Å². The molecule has 2 unspecified atom stereocenters. The molecule has 1 saturated heterocycles. The molecule has 3 rings (SSSR count). The Balaban J connectivity index is 0.00000176. The Kier molecular flexibility index (Phi) is 6.69. The standard InChI is InChI=1S/C14H23N5OS.HI/c15-13(17-10-11-2-1-3-12(11)20)18-5-7-19(8-6-18)14-16-4-9-21-14;/h4,9,11-12,20H,1-3,5-8,10H2,(H2,15,17);1H. The number of hydrogen-bond donors (Lipinski definition) is 2. The number of rotatable bonds is 3. The van der Waals surface area contributed by atoms with E-state index in [9.17, 15) is 5.11 Å². The number of piperazine rings is 1. The summed E-state index contributed by atoms with van der Waals surface area (Å²) in [5.41, 5.74) is 6.10. The molecule has 1 aromatic rings. The highest BCUT2D eigenvalue weighted by atomic mass is 127. The van der Waals surface area contributed by atoms with E-state index in [1.54, 1.807) is 11.3 Å².